The van der Waals surface area contributed by atoms with E-state index in [2.05, 4.69) is 20.6 Å². The third-order valence-electron chi connectivity index (χ3n) is 3.66. The number of aromatic nitrogens is 2. The third kappa shape index (κ3) is 4.04. The Morgan fingerprint density at radius 2 is 1.73 bits per heavy atom. The van der Waals surface area contributed by atoms with Crippen molar-refractivity contribution in [2.24, 2.45) is 0 Å². The maximum atomic E-state index is 11.6. The van der Waals surface area contributed by atoms with Crippen LogP contribution in [-0.4, -0.2) is 22.0 Å². The summed E-state index contributed by atoms with van der Waals surface area (Å²) in [5, 5.41) is 17.5. The van der Waals surface area contributed by atoms with E-state index in [4.69, 9.17) is 4.74 Å². The normalized spacial score (nSPS) is 10.2. The second-order valence-corrected chi connectivity index (χ2v) is 5.37. The first-order chi connectivity index (χ1) is 12.7. The Bertz CT molecular complexity index is 885. The Labute approximate surface area is 150 Å². The molecule has 1 aromatic heterocycles. The fraction of sp³-hybridized carbons (Fsp3) is 0.111. The van der Waals surface area contributed by atoms with Gasteiger partial charge in [0.1, 0.15) is 12.1 Å². The Morgan fingerprint density at radius 1 is 1.04 bits per heavy atom. The number of hydrogen-bond acceptors (Lipinski definition) is 7. The van der Waals surface area contributed by atoms with Gasteiger partial charge in [0, 0.05) is 12.2 Å². The summed E-state index contributed by atoms with van der Waals surface area (Å²) in [6, 6.07) is 16.6. The Kier molecular flexibility index (Phi) is 5.23. The van der Waals surface area contributed by atoms with E-state index in [9.17, 15) is 10.1 Å². The summed E-state index contributed by atoms with van der Waals surface area (Å²) in [6.07, 6.45) is 1.28. The lowest BCUT2D eigenvalue weighted by Crippen LogP contribution is -2.08. The van der Waals surface area contributed by atoms with Gasteiger partial charge in [0.15, 0.2) is 0 Å². The molecule has 2 N–H and O–H groups in total. The van der Waals surface area contributed by atoms with Crippen LogP contribution in [0.15, 0.2) is 60.9 Å². The molecule has 0 radical (unpaired) electrons. The zero-order valence-corrected chi connectivity index (χ0v) is 14.0. The van der Waals surface area contributed by atoms with Crippen molar-refractivity contribution in [3.63, 3.8) is 0 Å². The smallest absolute Gasteiger partial charge is 0.353 e. The van der Waals surface area contributed by atoms with Crippen LogP contribution in [0, 0.1) is 10.1 Å². The third-order valence-corrected chi connectivity index (χ3v) is 3.66. The molecule has 0 fully saturated rings. The number of anilines is 3. The number of nitrogens with one attached hydrogen (secondary N) is 2. The fourth-order valence-corrected chi connectivity index (χ4v) is 2.37. The minimum atomic E-state index is -0.501. The van der Waals surface area contributed by atoms with Crippen LogP contribution >= 0.6 is 0 Å². The van der Waals surface area contributed by atoms with Gasteiger partial charge in [-0.15, -0.1) is 0 Å². The first-order valence-electron chi connectivity index (χ1n) is 7.85. The minimum Gasteiger partial charge on any atom is -0.497 e. The van der Waals surface area contributed by atoms with Gasteiger partial charge in [-0.05, 0) is 29.8 Å². The first kappa shape index (κ1) is 17.2. The van der Waals surface area contributed by atoms with Gasteiger partial charge in [-0.3, -0.25) is 10.1 Å². The Hall–Kier alpha value is -3.68. The summed E-state index contributed by atoms with van der Waals surface area (Å²) < 4.78 is 5.10. The summed E-state index contributed by atoms with van der Waals surface area (Å²) >= 11 is 0. The summed E-state index contributed by atoms with van der Waals surface area (Å²) in [6.45, 7) is 0.417. The minimum absolute atomic E-state index is 0.116. The van der Waals surface area contributed by atoms with Gasteiger partial charge in [0.25, 0.3) is 0 Å². The highest BCUT2D eigenvalue weighted by Gasteiger charge is 2.23. The van der Waals surface area contributed by atoms with Crippen molar-refractivity contribution in [2.75, 3.05) is 17.7 Å². The van der Waals surface area contributed by atoms with Crippen molar-refractivity contribution in [1.29, 1.82) is 0 Å². The summed E-state index contributed by atoms with van der Waals surface area (Å²) in [7, 11) is 1.57. The van der Waals surface area contributed by atoms with Crippen LogP contribution < -0.4 is 15.4 Å². The van der Waals surface area contributed by atoms with E-state index in [0.717, 1.165) is 5.56 Å². The van der Waals surface area contributed by atoms with E-state index >= 15 is 0 Å². The molecule has 0 spiro atoms. The highest BCUT2D eigenvalue weighted by Crippen LogP contribution is 2.31. The highest BCUT2D eigenvalue weighted by molar-refractivity contribution is 5.73. The molecule has 0 bridgehead atoms. The zero-order valence-electron chi connectivity index (χ0n) is 14.0. The molecule has 26 heavy (non-hydrogen) atoms. The summed E-state index contributed by atoms with van der Waals surface area (Å²) in [5.41, 5.74) is 1.44. The summed E-state index contributed by atoms with van der Waals surface area (Å²) in [4.78, 5) is 19.1. The largest absolute Gasteiger partial charge is 0.497 e. The monoisotopic (exact) mass is 351 g/mol. The van der Waals surface area contributed by atoms with Gasteiger partial charge < -0.3 is 15.4 Å². The van der Waals surface area contributed by atoms with Gasteiger partial charge in [0.05, 0.1) is 12.0 Å². The van der Waals surface area contributed by atoms with Crippen LogP contribution in [0.4, 0.5) is 23.0 Å². The highest BCUT2D eigenvalue weighted by atomic mass is 16.6. The van der Waals surface area contributed by atoms with Crippen LogP contribution in [0.5, 0.6) is 5.75 Å². The van der Waals surface area contributed by atoms with Crippen molar-refractivity contribution in [2.45, 2.75) is 6.54 Å². The van der Waals surface area contributed by atoms with E-state index in [0.29, 0.717) is 18.0 Å². The number of rotatable bonds is 7. The van der Waals surface area contributed by atoms with E-state index < -0.39 is 4.92 Å². The molecule has 0 unspecified atom stereocenters. The van der Waals surface area contributed by atoms with Gasteiger partial charge in [-0.2, -0.15) is 0 Å². The van der Waals surface area contributed by atoms with Gasteiger partial charge in [-0.1, -0.05) is 30.3 Å². The Balaban J connectivity index is 1.84. The quantitative estimate of drug-likeness (QED) is 0.493. The number of methoxy groups -OCH3 is 1. The number of hydrogen-bond donors (Lipinski definition) is 2. The molecular weight excluding hydrogens is 334 g/mol. The lowest BCUT2D eigenvalue weighted by atomic mass is 10.2. The van der Waals surface area contributed by atoms with Crippen LogP contribution in [0.3, 0.4) is 0 Å². The van der Waals surface area contributed by atoms with Crippen molar-refractivity contribution in [3.05, 3.63) is 76.6 Å². The van der Waals surface area contributed by atoms with Crippen molar-refractivity contribution in [1.82, 2.24) is 9.97 Å². The molecule has 0 atom stereocenters. The zero-order chi connectivity index (χ0) is 18.4. The molecule has 3 aromatic rings. The molecule has 0 saturated heterocycles. The molecule has 3 rings (SSSR count). The SMILES string of the molecule is COc1ccc(Nc2ncnc(NCc3ccccc3)c2[N+](=O)[O-])cc1. The summed E-state index contributed by atoms with van der Waals surface area (Å²) in [5.74, 6) is 0.966. The lowest BCUT2D eigenvalue weighted by Gasteiger charge is -2.10. The maximum Gasteiger partial charge on any atom is 0.353 e. The van der Waals surface area contributed by atoms with E-state index in [1.165, 1.54) is 6.33 Å². The van der Waals surface area contributed by atoms with Crippen LogP contribution in [0.2, 0.25) is 0 Å². The molecule has 0 aliphatic carbocycles. The van der Waals surface area contributed by atoms with Gasteiger partial charge in [0.2, 0.25) is 11.6 Å². The van der Waals surface area contributed by atoms with Crippen molar-refractivity contribution < 1.29 is 9.66 Å². The average molecular weight is 351 g/mol. The number of benzene rings is 2. The second-order valence-electron chi connectivity index (χ2n) is 5.37. The maximum absolute atomic E-state index is 11.6. The number of nitro groups is 1. The average Bonchev–Trinajstić information content (AvgIpc) is 2.67. The van der Waals surface area contributed by atoms with Crippen molar-refractivity contribution in [3.8, 4) is 5.75 Å². The molecule has 132 valence electrons. The first-order valence-corrected chi connectivity index (χ1v) is 7.85. The van der Waals surface area contributed by atoms with E-state index in [1.54, 1.807) is 31.4 Å². The molecule has 8 heteroatoms. The molecule has 0 aliphatic heterocycles. The number of nitrogens with zero attached hydrogens (tertiary/aromatic N) is 3. The predicted octanol–water partition coefficient (Wildman–Crippen LogP) is 3.75. The molecule has 0 saturated carbocycles. The Morgan fingerprint density at radius 3 is 2.38 bits per heavy atom. The molecule has 0 aliphatic rings. The van der Waals surface area contributed by atoms with Crippen molar-refractivity contribution >= 4 is 23.0 Å². The molecule has 0 amide bonds. The topological polar surface area (TPSA) is 102 Å². The molecular formula is C18H17N5O3. The van der Waals surface area contributed by atoms with E-state index in [-0.39, 0.29) is 17.3 Å². The van der Waals surface area contributed by atoms with Crippen LogP contribution in [-0.2, 0) is 6.54 Å². The second kappa shape index (κ2) is 7.93. The predicted molar refractivity (Wildman–Crippen MR) is 98.7 cm³/mol. The number of ether oxygens (including phenoxy) is 1. The van der Waals surface area contributed by atoms with Crippen LogP contribution in [0.25, 0.3) is 0 Å². The van der Waals surface area contributed by atoms with Crippen LogP contribution in [0.1, 0.15) is 5.56 Å². The molecule has 2 aromatic carbocycles. The fourth-order valence-electron chi connectivity index (χ4n) is 2.37. The standard InChI is InChI=1S/C18H17N5O3/c1-26-15-9-7-14(8-10-15)22-18-16(23(24)25)17(20-12-21-18)19-11-13-5-3-2-4-6-13/h2-10,12H,11H2,1H3,(H2,19,20,21,22). The van der Waals surface area contributed by atoms with Gasteiger partial charge >= 0.3 is 5.69 Å². The molecule has 8 nitrogen and oxygen atoms in total. The van der Waals surface area contributed by atoms with E-state index in [1.807, 2.05) is 30.3 Å². The molecule has 1 heterocycles. The van der Waals surface area contributed by atoms with Gasteiger partial charge in [-0.25, -0.2) is 9.97 Å². The lowest BCUT2D eigenvalue weighted by molar-refractivity contribution is -0.383.